The highest BCUT2D eigenvalue weighted by molar-refractivity contribution is 7.89. The van der Waals surface area contributed by atoms with Crippen LogP contribution in [-0.2, 0) is 10.0 Å². The molecule has 0 radical (unpaired) electrons. The highest BCUT2D eigenvalue weighted by Gasteiger charge is 2.18. The standard InChI is InChI=1S/C15H24N2O4S/c1-4-8-16-14-6-5-12(10-13(14)15(18)19)22(20,21)17-9-7-11(2)3/h5-6,10-11,16-17H,4,7-9H2,1-3H3,(H,18,19). The van der Waals surface area contributed by atoms with E-state index < -0.39 is 16.0 Å². The Hall–Kier alpha value is -1.60. The van der Waals surface area contributed by atoms with Gasteiger partial charge in [0.2, 0.25) is 10.0 Å². The first kappa shape index (κ1) is 18.4. The van der Waals surface area contributed by atoms with E-state index in [9.17, 15) is 18.3 Å². The minimum Gasteiger partial charge on any atom is -0.478 e. The van der Waals surface area contributed by atoms with E-state index in [-0.39, 0.29) is 10.5 Å². The lowest BCUT2D eigenvalue weighted by molar-refractivity contribution is 0.0697. The summed E-state index contributed by atoms with van der Waals surface area (Å²) in [4.78, 5) is 11.3. The fourth-order valence-electron chi connectivity index (χ4n) is 1.85. The first-order valence-corrected chi connectivity index (χ1v) is 8.87. The summed E-state index contributed by atoms with van der Waals surface area (Å²) in [7, 11) is -3.69. The van der Waals surface area contributed by atoms with E-state index in [1.54, 1.807) is 0 Å². The molecule has 0 fully saturated rings. The maximum absolute atomic E-state index is 12.2. The van der Waals surface area contributed by atoms with Crippen molar-refractivity contribution in [2.75, 3.05) is 18.4 Å². The lowest BCUT2D eigenvalue weighted by Crippen LogP contribution is -2.26. The van der Waals surface area contributed by atoms with Crippen LogP contribution in [0.5, 0.6) is 0 Å². The molecule has 0 atom stereocenters. The number of carboxylic acids is 1. The van der Waals surface area contributed by atoms with Gasteiger partial charge in [0.05, 0.1) is 10.5 Å². The normalized spacial score (nSPS) is 11.6. The van der Waals surface area contributed by atoms with Crippen molar-refractivity contribution in [3.05, 3.63) is 23.8 Å². The van der Waals surface area contributed by atoms with Gasteiger partial charge < -0.3 is 10.4 Å². The molecule has 0 unspecified atom stereocenters. The van der Waals surface area contributed by atoms with Gasteiger partial charge in [0.25, 0.3) is 0 Å². The fraction of sp³-hybridized carbons (Fsp3) is 0.533. The Morgan fingerprint density at radius 3 is 2.50 bits per heavy atom. The molecular formula is C15H24N2O4S. The average molecular weight is 328 g/mol. The highest BCUT2D eigenvalue weighted by atomic mass is 32.2. The number of sulfonamides is 1. The van der Waals surface area contributed by atoms with Gasteiger partial charge in [-0.15, -0.1) is 0 Å². The Balaban J connectivity index is 3.00. The summed E-state index contributed by atoms with van der Waals surface area (Å²) in [6.45, 7) is 6.93. The second kappa shape index (κ2) is 8.14. The van der Waals surface area contributed by atoms with Gasteiger partial charge >= 0.3 is 5.97 Å². The van der Waals surface area contributed by atoms with Gasteiger partial charge in [-0.25, -0.2) is 17.9 Å². The first-order valence-electron chi connectivity index (χ1n) is 7.38. The molecule has 0 aliphatic carbocycles. The molecule has 0 aliphatic rings. The van der Waals surface area contributed by atoms with Crippen LogP contribution < -0.4 is 10.0 Å². The molecule has 0 amide bonds. The average Bonchev–Trinajstić information content (AvgIpc) is 2.44. The molecule has 0 saturated heterocycles. The molecule has 0 bridgehead atoms. The van der Waals surface area contributed by atoms with E-state index in [4.69, 9.17) is 0 Å². The van der Waals surface area contributed by atoms with E-state index in [1.165, 1.54) is 18.2 Å². The van der Waals surface area contributed by atoms with Crippen LogP contribution in [0.15, 0.2) is 23.1 Å². The monoisotopic (exact) mass is 328 g/mol. The van der Waals surface area contributed by atoms with Crippen LogP contribution in [0.1, 0.15) is 44.0 Å². The quantitative estimate of drug-likeness (QED) is 0.647. The van der Waals surface area contributed by atoms with Gasteiger partial charge in [0, 0.05) is 18.8 Å². The van der Waals surface area contributed by atoms with Gasteiger partial charge in [0.1, 0.15) is 0 Å². The summed E-state index contributed by atoms with van der Waals surface area (Å²) < 4.78 is 26.9. The number of benzene rings is 1. The molecule has 1 rings (SSSR count). The maximum Gasteiger partial charge on any atom is 0.337 e. The van der Waals surface area contributed by atoms with E-state index in [0.29, 0.717) is 24.7 Å². The molecule has 3 N–H and O–H groups in total. The first-order chi connectivity index (χ1) is 10.3. The summed E-state index contributed by atoms with van der Waals surface area (Å²) in [5.74, 6) is -0.768. The number of anilines is 1. The molecule has 1 aromatic rings. The van der Waals surface area contributed by atoms with Crippen LogP contribution in [0.4, 0.5) is 5.69 Å². The third-order valence-corrected chi connectivity index (χ3v) is 4.57. The number of aromatic carboxylic acids is 1. The Bertz CT molecular complexity index is 612. The molecule has 0 aliphatic heterocycles. The van der Waals surface area contributed by atoms with Crippen molar-refractivity contribution in [1.82, 2.24) is 4.72 Å². The summed E-state index contributed by atoms with van der Waals surface area (Å²) >= 11 is 0. The largest absolute Gasteiger partial charge is 0.478 e. The predicted molar refractivity (Wildman–Crippen MR) is 86.8 cm³/mol. The molecule has 0 saturated carbocycles. The summed E-state index contributed by atoms with van der Waals surface area (Å²) in [6, 6.07) is 4.11. The zero-order valence-electron chi connectivity index (χ0n) is 13.2. The second-order valence-corrected chi connectivity index (χ2v) is 7.29. The van der Waals surface area contributed by atoms with Crippen molar-refractivity contribution in [3.8, 4) is 0 Å². The molecule has 0 spiro atoms. The lowest BCUT2D eigenvalue weighted by Gasteiger charge is -2.12. The van der Waals surface area contributed by atoms with Crippen molar-refractivity contribution in [2.24, 2.45) is 5.92 Å². The SMILES string of the molecule is CCCNc1ccc(S(=O)(=O)NCCC(C)C)cc1C(=O)O. The van der Waals surface area contributed by atoms with Gasteiger partial charge in [-0.2, -0.15) is 0 Å². The summed E-state index contributed by atoms with van der Waals surface area (Å²) in [5, 5.41) is 12.2. The number of rotatable bonds is 9. The minimum absolute atomic E-state index is 0.0318. The van der Waals surface area contributed by atoms with E-state index in [1.807, 2.05) is 20.8 Å². The molecule has 7 heteroatoms. The molecule has 124 valence electrons. The van der Waals surface area contributed by atoms with Gasteiger partial charge in [-0.05, 0) is 37.0 Å². The van der Waals surface area contributed by atoms with E-state index in [2.05, 4.69) is 10.0 Å². The Labute approximate surface area is 132 Å². The molecule has 0 aromatic heterocycles. The zero-order chi connectivity index (χ0) is 16.8. The topological polar surface area (TPSA) is 95.5 Å². The number of hydrogen-bond donors (Lipinski definition) is 3. The van der Waals surface area contributed by atoms with Crippen molar-refractivity contribution in [2.45, 2.75) is 38.5 Å². The number of carbonyl (C=O) groups is 1. The predicted octanol–water partition coefficient (Wildman–Crippen LogP) is 2.53. The summed E-state index contributed by atoms with van der Waals surface area (Å²) in [5.41, 5.74) is 0.385. The van der Waals surface area contributed by atoms with Gasteiger partial charge in [-0.1, -0.05) is 20.8 Å². The van der Waals surface area contributed by atoms with Crippen LogP contribution in [0.3, 0.4) is 0 Å². The Morgan fingerprint density at radius 2 is 1.95 bits per heavy atom. The second-order valence-electron chi connectivity index (χ2n) is 5.52. The van der Waals surface area contributed by atoms with Crippen molar-refractivity contribution >= 4 is 21.7 Å². The Morgan fingerprint density at radius 1 is 1.27 bits per heavy atom. The van der Waals surface area contributed by atoms with E-state index in [0.717, 1.165) is 12.8 Å². The Kier molecular flexibility index (Phi) is 6.83. The van der Waals surface area contributed by atoms with E-state index >= 15 is 0 Å². The molecule has 6 nitrogen and oxygen atoms in total. The number of carboxylic acid groups (broad SMARTS) is 1. The van der Waals surface area contributed by atoms with Crippen molar-refractivity contribution in [1.29, 1.82) is 0 Å². The third-order valence-electron chi connectivity index (χ3n) is 3.11. The van der Waals surface area contributed by atoms with Crippen LogP contribution in [0.25, 0.3) is 0 Å². The smallest absolute Gasteiger partial charge is 0.337 e. The van der Waals surface area contributed by atoms with Crippen LogP contribution in [0, 0.1) is 5.92 Å². The molecule has 22 heavy (non-hydrogen) atoms. The molecular weight excluding hydrogens is 304 g/mol. The van der Waals surface area contributed by atoms with Crippen LogP contribution in [0.2, 0.25) is 0 Å². The lowest BCUT2D eigenvalue weighted by atomic mass is 10.1. The number of hydrogen-bond acceptors (Lipinski definition) is 4. The van der Waals surface area contributed by atoms with Crippen LogP contribution in [-0.4, -0.2) is 32.6 Å². The molecule has 1 aromatic carbocycles. The zero-order valence-corrected chi connectivity index (χ0v) is 14.0. The van der Waals surface area contributed by atoms with Gasteiger partial charge in [-0.3, -0.25) is 0 Å². The van der Waals surface area contributed by atoms with Crippen molar-refractivity contribution in [3.63, 3.8) is 0 Å². The summed E-state index contributed by atoms with van der Waals surface area (Å²) in [6.07, 6.45) is 1.57. The van der Waals surface area contributed by atoms with Crippen molar-refractivity contribution < 1.29 is 18.3 Å². The number of nitrogens with one attached hydrogen (secondary N) is 2. The highest BCUT2D eigenvalue weighted by Crippen LogP contribution is 2.21. The minimum atomic E-state index is -3.69. The van der Waals surface area contributed by atoms with Crippen LogP contribution >= 0.6 is 0 Å². The fourth-order valence-corrected chi connectivity index (χ4v) is 2.92. The van der Waals surface area contributed by atoms with Gasteiger partial charge in [0.15, 0.2) is 0 Å². The maximum atomic E-state index is 12.2. The third kappa shape index (κ3) is 5.31. The molecule has 0 heterocycles.